The van der Waals surface area contributed by atoms with Gasteiger partial charge >= 0.3 is 5.97 Å². The molecule has 2 aliphatic rings. The van der Waals surface area contributed by atoms with Gasteiger partial charge in [0.15, 0.2) is 5.76 Å². The van der Waals surface area contributed by atoms with Gasteiger partial charge in [0.25, 0.3) is 0 Å². The van der Waals surface area contributed by atoms with Gasteiger partial charge in [0.05, 0.1) is 18.6 Å². The normalized spacial score (nSPS) is 17.0. The summed E-state index contributed by atoms with van der Waals surface area (Å²) < 4.78 is 16.4. The SMILES string of the molecule is COc1ccc(/C=C2\Oc3c(ccc(OC(=O)C4CC4)c3C)C2=O)cc1. The lowest BCUT2D eigenvalue weighted by Crippen LogP contribution is -2.10. The predicted octanol–water partition coefficient (Wildman–Crippen LogP) is 3.94. The Morgan fingerprint density at radius 2 is 1.88 bits per heavy atom. The van der Waals surface area contributed by atoms with Gasteiger partial charge < -0.3 is 14.2 Å². The van der Waals surface area contributed by atoms with Crippen molar-refractivity contribution >= 4 is 17.8 Å². The molecular weight excluding hydrogens is 332 g/mol. The average Bonchev–Trinajstić information content (AvgIpc) is 3.45. The predicted molar refractivity (Wildman–Crippen MR) is 95.5 cm³/mol. The molecule has 0 atom stereocenters. The number of carbonyl (C=O) groups excluding carboxylic acids is 2. The molecule has 1 fully saturated rings. The Hall–Kier alpha value is -3.08. The molecule has 4 rings (SSSR count). The Kier molecular flexibility index (Phi) is 3.99. The van der Waals surface area contributed by atoms with Gasteiger partial charge in [0, 0.05) is 5.56 Å². The third-order valence-corrected chi connectivity index (χ3v) is 4.57. The van der Waals surface area contributed by atoms with Crippen LogP contribution >= 0.6 is 0 Å². The van der Waals surface area contributed by atoms with Gasteiger partial charge in [0.1, 0.15) is 17.2 Å². The summed E-state index contributed by atoms with van der Waals surface area (Å²) in [5.41, 5.74) is 1.97. The van der Waals surface area contributed by atoms with Crippen molar-refractivity contribution < 1.29 is 23.8 Å². The Morgan fingerprint density at radius 1 is 1.15 bits per heavy atom. The number of fused-ring (bicyclic) bond motifs is 1. The van der Waals surface area contributed by atoms with Crippen molar-refractivity contribution in [2.45, 2.75) is 19.8 Å². The smallest absolute Gasteiger partial charge is 0.314 e. The van der Waals surface area contributed by atoms with E-state index in [4.69, 9.17) is 14.2 Å². The number of benzene rings is 2. The maximum atomic E-state index is 12.6. The van der Waals surface area contributed by atoms with Gasteiger partial charge in [-0.1, -0.05) is 12.1 Å². The number of hydrogen-bond acceptors (Lipinski definition) is 5. The molecule has 0 saturated heterocycles. The van der Waals surface area contributed by atoms with E-state index in [-0.39, 0.29) is 23.4 Å². The highest BCUT2D eigenvalue weighted by molar-refractivity contribution is 6.15. The van der Waals surface area contributed by atoms with Crippen molar-refractivity contribution in [1.82, 2.24) is 0 Å². The van der Waals surface area contributed by atoms with Gasteiger partial charge in [-0.3, -0.25) is 9.59 Å². The summed E-state index contributed by atoms with van der Waals surface area (Å²) in [6.45, 7) is 1.79. The van der Waals surface area contributed by atoms with Gasteiger partial charge in [0.2, 0.25) is 5.78 Å². The van der Waals surface area contributed by atoms with Crippen LogP contribution in [0.5, 0.6) is 17.2 Å². The molecule has 2 aromatic rings. The molecule has 1 aliphatic heterocycles. The molecule has 0 spiro atoms. The zero-order chi connectivity index (χ0) is 18.3. The third-order valence-electron chi connectivity index (χ3n) is 4.57. The van der Waals surface area contributed by atoms with E-state index in [1.807, 2.05) is 24.3 Å². The standard InChI is InChI=1S/C21H18O5/c1-12-17(26-21(23)14-5-6-14)10-9-16-19(22)18(25-20(12)16)11-13-3-7-15(24-2)8-4-13/h3-4,7-11,14H,5-6H2,1-2H3/b18-11-. The molecule has 0 aromatic heterocycles. The van der Waals surface area contributed by atoms with Crippen LogP contribution in [0, 0.1) is 12.8 Å². The van der Waals surface area contributed by atoms with Gasteiger partial charge in [-0.15, -0.1) is 0 Å². The second kappa shape index (κ2) is 6.33. The van der Waals surface area contributed by atoms with E-state index in [2.05, 4.69) is 0 Å². The molecular formula is C21H18O5. The van der Waals surface area contributed by atoms with Crippen molar-refractivity contribution in [2.75, 3.05) is 7.11 Å². The van der Waals surface area contributed by atoms with Crippen LogP contribution < -0.4 is 14.2 Å². The van der Waals surface area contributed by atoms with Crippen molar-refractivity contribution in [1.29, 1.82) is 0 Å². The first-order valence-corrected chi connectivity index (χ1v) is 8.50. The van der Waals surface area contributed by atoms with E-state index in [0.29, 0.717) is 22.6 Å². The lowest BCUT2D eigenvalue weighted by atomic mass is 10.1. The number of ketones is 1. The first-order valence-electron chi connectivity index (χ1n) is 8.50. The molecule has 0 bridgehead atoms. The van der Waals surface area contributed by atoms with Crippen LogP contribution in [0.3, 0.4) is 0 Å². The zero-order valence-corrected chi connectivity index (χ0v) is 14.6. The molecule has 132 valence electrons. The summed E-state index contributed by atoms with van der Waals surface area (Å²) in [7, 11) is 1.60. The summed E-state index contributed by atoms with van der Waals surface area (Å²) in [6, 6.07) is 10.6. The third kappa shape index (κ3) is 2.96. The van der Waals surface area contributed by atoms with Crippen LogP contribution in [0.25, 0.3) is 6.08 Å². The molecule has 0 radical (unpaired) electrons. The number of hydrogen-bond donors (Lipinski definition) is 0. The minimum absolute atomic E-state index is 0.00994. The van der Waals surface area contributed by atoms with Gasteiger partial charge in [-0.2, -0.15) is 0 Å². The van der Waals surface area contributed by atoms with E-state index in [1.54, 1.807) is 32.2 Å². The monoisotopic (exact) mass is 350 g/mol. The summed E-state index contributed by atoms with van der Waals surface area (Å²) in [4.78, 5) is 24.5. The van der Waals surface area contributed by atoms with Crippen molar-refractivity contribution in [3.63, 3.8) is 0 Å². The fourth-order valence-electron chi connectivity index (χ4n) is 2.84. The Labute approximate surface area is 151 Å². The molecule has 5 nitrogen and oxygen atoms in total. The molecule has 1 heterocycles. The first kappa shape index (κ1) is 16.4. The number of allylic oxidation sites excluding steroid dienone is 1. The second-order valence-electron chi connectivity index (χ2n) is 6.47. The molecule has 1 aliphatic carbocycles. The number of ether oxygens (including phenoxy) is 3. The fourth-order valence-corrected chi connectivity index (χ4v) is 2.84. The zero-order valence-electron chi connectivity index (χ0n) is 14.6. The maximum absolute atomic E-state index is 12.6. The highest BCUT2D eigenvalue weighted by atomic mass is 16.5. The topological polar surface area (TPSA) is 61.8 Å². The number of esters is 1. The Balaban J connectivity index is 1.60. The van der Waals surface area contributed by atoms with Crippen LogP contribution in [-0.2, 0) is 4.79 Å². The highest BCUT2D eigenvalue weighted by Crippen LogP contribution is 2.40. The van der Waals surface area contributed by atoms with E-state index in [9.17, 15) is 9.59 Å². The minimum Gasteiger partial charge on any atom is -0.497 e. The molecule has 1 saturated carbocycles. The summed E-state index contributed by atoms with van der Waals surface area (Å²) in [5.74, 6) is 1.50. The lowest BCUT2D eigenvalue weighted by Gasteiger charge is -2.09. The molecule has 0 amide bonds. The summed E-state index contributed by atoms with van der Waals surface area (Å²) in [5, 5.41) is 0. The maximum Gasteiger partial charge on any atom is 0.314 e. The van der Waals surface area contributed by atoms with Gasteiger partial charge in [-0.25, -0.2) is 0 Å². The van der Waals surface area contributed by atoms with Crippen LogP contribution in [-0.4, -0.2) is 18.9 Å². The Bertz CT molecular complexity index is 920. The van der Waals surface area contributed by atoms with E-state index in [0.717, 1.165) is 24.2 Å². The molecule has 2 aromatic carbocycles. The second-order valence-corrected chi connectivity index (χ2v) is 6.47. The van der Waals surface area contributed by atoms with Gasteiger partial charge in [-0.05, 0) is 55.7 Å². The van der Waals surface area contributed by atoms with E-state index >= 15 is 0 Å². The Morgan fingerprint density at radius 3 is 2.54 bits per heavy atom. The summed E-state index contributed by atoms with van der Waals surface area (Å²) in [6.07, 6.45) is 3.45. The number of carbonyl (C=O) groups is 2. The number of rotatable bonds is 4. The van der Waals surface area contributed by atoms with Crippen LogP contribution in [0.1, 0.15) is 34.3 Å². The average molecular weight is 350 g/mol. The fraction of sp³-hybridized carbons (Fsp3) is 0.238. The molecule has 26 heavy (non-hydrogen) atoms. The van der Waals surface area contributed by atoms with Crippen molar-refractivity contribution in [2.24, 2.45) is 5.92 Å². The summed E-state index contributed by atoms with van der Waals surface area (Å²) >= 11 is 0. The number of methoxy groups -OCH3 is 1. The molecule has 5 heteroatoms. The quantitative estimate of drug-likeness (QED) is 0.475. The highest BCUT2D eigenvalue weighted by Gasteiger charge is 2.34. The molecule has 0 unspecified atom stereocenters. The first-order chi connectivity index (χ1) is 12.6. The van der Waals surface area contributed by atoms with Crippen LogP contribution in [0.15, 0.2) is 42.2 Å². The largest absolute Gasteiger partial charge is 0.497 e. The van der Waals surface area contributed by atoms with Crippen molar-refractivity contribution in [3.05, 3.63) is 58.8 Å². The number of Topliss-reactive ketones (excluding diaryl/α,β-unsaturated/α-hetero) is 1. The van der Waals surface area contributed by atoms with E-state index < -0.39 is 0 Å². The van der Waals surface area contributed by atoms with Crippen LogP contribution in [0.2, 0.25) is 0 Å². The van der Waals surface area contributed by atoms with E-state index in [1.165, 1.54) is 0 Å². The lowest BCUT2D eigenvalue weighted by molar-refractivity contribution is -0.135. The molecule has 0 N–H and O–H groups in total. The van der Waals surface area contributed by atoms with Crippen LogP contribution in [0.4, 0.5) is 0 Å². The minimum atomic E-state index is -0.216. The van der Waals surface area contributed by atoms with Crippen molar-refractivity contribution in [3.8, 4) is 17.2 Å².